The lowest BCUT2D eigenvalue weighted by Gasteiger charge is -2.22. The highest BCUT2D eigenvalue weighted by Gasteiger charge is 2.09. The molecule has 5 heteroatoms. The molecule has 2 aromatic carbocycles. The number of hydrogen-bond acceptors (Lipinski definition) is 2. The summed E-state index contributed by atoms with van der Waals surface area (Å²) in [7, 11) is 1.93. The van der Waals surface area contributed by atoms with Crippen molar-refractivity contribution in [2.24, 2.45) is 0 Å². The third-order valence-corrected chi connectivity index (χ3v) is 3.66. The molecule has 2 aromatic rings. The van der Waals surface area contributed by atoms with E-state index in [9.17, 15) is 0 Å². The second-order valence-corrected chi connectivity index (χ2v) is 5.58. The molecule has 0 saturated heterocycles. The van der Waals surface area contributed by atoms with Crippen LogP contribution in [0.3, 0.4) is 0 Å². The lowest BCUT2D eigenvalue weighted by molar-refractivity contribution is 0.925. The zero-order valence-electron chi connectivity index (χ0n) is 10.3. The first-order valence-corrected chi connectivity index (χ1v) is 6.81. The molecule has 2 nitrogen and oxygen atoms in total. The van der Waals surface area contributed by atoms with Crippen LogP contribution in [0, 0.1) is 0 Å². The summed E-state index contributed by atoms with van der Waals surface area (Å²) in [5.74, 6) is 0. The van der Waals surface area contributed by atoms with E-state index in [1.807, 2.05) is 24.1 Å². The van der Waals surface area contributed by atoms with Crippen molar-refractivity contribution in [3.8, 4) is 0 Å². The Balaban J connectivity index is 2.27. The van der Waals surface area contributed by atoms with Crippen LogP contribution in [-0.2, 0) is 6.54 Å². The number of nitrogens with two attached hydrogens (primary N) is 1. The zero-order valence-corrected chi connectivity index (χ0v) is 12.6. The van der Waals surface area contributed by atoms with Crippen LogP contribution in [-0.4, -0.2) is 7.05 Å². The topological polar surface area (TPSA) is 29.3 Å². The van der Waals surface area contributed by atoms with Crippen molar-refractivity contribution in [2.45, 2.75) is 6.54 Å². The maximum absolute atomic E-state index is 6.16. The molecule has 0 spiro atoms. The lowest BCUT2D eigenvalue weighted by atomic mass is 10.2. The Hall–Kier alpha value is -1.09. The SMILES string of the molecule is CN(Cc1cc(Cl)ccc1Cl)c1cc(Cl)ccc1N. The number of nitrogen functional groups attached to an aromatic ring is 1. The van der Waals surface area contributed by atoms with E-state index in [1.165, 1.54) is 0 Å². The fourth-order valence-electron chi connectivity index (χ4n) is 1.85. The highest BCUT2D eigenvalue weighted by Crippen LogP contribution is 2.29. The van der Waals surface area contributed by atoms with Crippen LogP contribution in [0.4, 0.5) is 11.4 Å². The Morgan fingerprint density at radius 2 is 1.63 bits per heavy atom. The minimum Gasteiger partial charge on any atom is -0.397 e. The standard InChI is InChI=1S/C14H13Cl3N2/c1-19(14-7-11(16)3-5-13(14)18)8-9-6-10(15)2-4-12(9)17/h2-7H,8,18H2,1H3. The molecule has 0 atom stereocenters. The zero-order chi connectivity index (χ0) is 14.0. The highest BCUT2D eigenvalue weighted by molar-refractivity contribution is 6.33. The summed E-state index contributed by atoms with van der Waals surface area (Å²) in [6, 6.07) is 10.8. The first-order valence-electron chi connectivity index (χ1n) is 5.67. The molecule has 0 aliphatic rings. The maximum Gasteiger partial charge on any atom is 0.0615 e. The summed E-state index contributed by atoms with van der Waals surface area (Å²) in [6.07, 6.45) is 0. The van der Waals surface area contributed by atoms with Gasteiger partial charge in [-0.2, -0.15) is 0 Å². The molecule has 2 N–H and O–H groups in total. The molecule has 0 aliphatic heterocycles. The van der Waals surface area contributed by atoms with Gasteiger partial charge in [0, 0.05) is 28.7 Å². The Morgan fingerprint density at radius 1 is 1.00 bits per heavy atom. The van der Waals surface area contributed by atoms with Crippen LogP contribution in [0.2, 0.25) is 15.1 Å². The molecule has 19 heavy (non-hydrogen) atoms. The molecule has 0 bridgehead atoms. The molecule has 0 saturated carbocycles. The van der Waals surface area contributed by atoms with Gasteiger partial charge in [0.25, 0.3) is 0 Å². The second-order valence-electron chi connectivity index (χ2n) is 4.29. The minimum absolute atomic E-state index is 0.601. The van der Waals surface area contributed by atoms with Gasteiger partial charge in [0.15, 0.2) is 0 Å². The van der Waals surface area contributed by atoms with Crippen LogP contribution in [0.5, 0.6) is 0 Å². The average Bonchev–Trinajstić information content (AvgIpc) is 2.36. The quantitative estimate of drug-likeness (QED) is 0.819. The van der Waals surface area contributed by atoms with Gasteiger partial charge < -0.3 is 10.6 Å². The van der Waals surface area contributed by atoms with Crippen molar-refractivity contribution >= 4 is 46.2 Å². The molecule has 0 amide bonds. The Kier molecular flexibility index (Phi) is 4.46. The van der Waals surface area contributed by atoms with E-state index in [0.29, 0.717) is 27.3 Å². The molecule has 0 radical (unpaired) electrons. The third kappa shape index (κ3) is 3.47. The summed E-state index contributed by atoms with van der Waals surface area (Å²) in [4.78, 5) is 1.98. The molecule has 0 aromatic heterocycles. The molecule has 0 fully saturated rings. The van der Waals surface area contributed by atoms with Crippen molar-refractivity contribution in [1.29, 1.82) is 0 Å². The van der Waals surface area contributed by atoms with Crippen LogP contribution in [0.1, 0.15) is 5.56 Å². The highest BCUT2D eigenvalue weighted by atomic mass is 35.5. The molecule has 2 rings (SSSR count). The van der Waals surface area contributed by atoms with Crippen molar-refractivity contribution in [2.75, 3.05) is 17.7 Å². The van der Waals surface area contributed by atoms with Gasteiger partial charge in [-0.15, -0.1) is 0 Å². The summed E-state index contributed by atoms with van der Waals surface area (Å²) in [6.45, 7) is 0.601. The van der Waals surface area contributed by atoms with Gasteiger partial charge >= 0.3 is 0 Å². The number of halogens is 3. The first kappa shape index (κ1) is 14.3. The largest absolute Gasteiger partial charge is 0.397 e. The average molecular weight is 316 g/mol. The van der Waals surface area contributed by atoms with E-state index in [2.05, 4.69) is 0 Å². The van der Waals surface area contributed by atoms with Gasteiger partial charge in [-0.1, -0.05) is 34.8 Å². The molecule has 0 unspecified atom stereocenters. The Bertz CT molecular complexity index is 599. The van der Waals surface area contributed by atoms with E-state index < -0.39 is 0 Å². The van der Waals surface area contributed by atoms with Crippen molar-refractivity contribution < 1.29 is 0 Å². The third-order valence-electron chi connectivity index (χ3n) is 2.82. The minimum atomic E-state index is 0.601. The van der Waals surface area contributed by atoms with Crippen LogP contribution >= 0.6 is 34.8 Å². The monoisotopic (exact) mass is 314 g/mol. The van der Waals surface area contributed by atoms with Crippen molar-refractivity contribution in [3.63, 3.8) is 0 Å². The maximum atomic E-state index is 6.16. The smallest absolute Gasteiger partial charge is 0.0615 e. The van der Waals surface area contributed by atoms with Crippen molar-refractivity contribution in [3.05, 3.63) is 57.0 Å². The summed E-state index contributed by atoms with van der Waals surface area (Å²) in [5.41, 5.74) is 8.43. The van der Waals surface area contributed by atoms with Crippen molar-refractivity contribution in [1.82, 2.24) is 0 Å². The molecule has 0 aliphatic carbocycles. The molecule has 100 valence electrons. The van der Waals surface area contributed by atoms with Gasteiger partial charge in [0.2, 0.25) is 0 Å². The van der Waals surface area contributed by atoms with Gasteiger partial charge in [0.05, 0.1) is 11.4 Å². The number of rotatable bonds is 3. The van der Waals surface area contributed by atoms with Crippen LogP contribution in [0.15, 0.2) is 36.4 Å². The number of benzene rings is 2. The Morgan fingerprint density at radius 3 is 2.37 bits per heavy atom. The predicted molar refractivity (Wildman–Crippen MR) is 84.4 cm³/mol. The lowest BCUT2D eigenvalue weighted by Crippen LogP contribution is -2.18. The second kappa shape index (κ2) is 5.91. The number of nitrogens with zero attached hydrogens (tertiary/aromatic N) is 1. The van der Waals surface area contributed by atoms with Crippen LogP contribution < -0.4 is 10.6 Å². The Labute approximate surface area is 127 Å². The van der Waals surface area contributed by atoms with Gasteiger partial charge in [-0.05, 0) is 42.0 Å². The van der Waals surface area contributed by atoms with Gasteiger partial charge in [0.1, 0.15) is 0 Å². The van der Waals surface area contributed by atoms with E-state index in [-0.39, 0.29) is 0 Å². The predicted octanol–water partition coefficient (Wildman–Crippen LogP) is 4.87. The van der Waals surface area contributed by atoms with E-state index in [1.54, 1.807) is 24.3 Å². The van der Waals surface area contributed by atoms with Crippen LogP contribution in [0.25, 0.3) is 0 Å². The summed E-state index contributed by atoms with van der Waals surface area (Å²) >= 11 is 18.1. The normalized spacial score (nSPS) is 10.5. The van der Waals surface area contributed by atoms with Gasteiger partial charge in [-0.3, -0.25) is 0 Å². The summed E-state index contributed by atoms with van der Waals surface area (Å²) in [5, 5.41) is 1.98. The number of hydrogen-bond donors (Lipinski definition) is 1. The van der Waals surface area contributed by atoms with E-state index >= 15 is 0 Å². The first-order chi connectivity index (χ1) is 8.97. The fraction of sp³-hybridized carbons (Fsp3) is 0.143. The fourth-order valence-corrected chi connectivity index (χ4v) is 2.39. The number of anilines is 2. The molecule has 0 heterocycles. The molecular formula is C14H13Cl3N2. The van der Waals surface area contributed by atoms with E-state index in [0.717, 1.165) is 11.3 Å². The van der Waals surface area contributed by atoms with Gasteiger partial charge in [-0.25, -0.2) is 0 Å². The summed E-state index contributed by atoms with van der Waals surface area (Å²) < 4.78 is 0. The molecular weight excluding hydrogens is 303 g/mol. The van der Waals surface area contributed by atoms with E-state index in [4.69, 9.17) is 40.5 Å².